The van der Waals surface area contributed by atoms with Gasteiger partial charge in [-0.3, -0.25) is 19.3 Å². The molecule has 31 heavy (non-hydrogen) atoms. The molecule has 1 aliphatic heterocycles. The summed E-state index contributed by atoms with van der Waals surface area (Å²) in [5.74, 6) is -0.0234. The lowest BCUT2D eigenvalue weighted by Gasteiger charge is -2.10. The summed E-state index contributed by atoms with van der Waals surface area (Å²) >= 11 is 6.11. The maximum atomic E-state index is 12.2. The van der Waals surface area contributed by atoms with Crippen molar-refractivity contribution >= 4 is 50.6 Å². The Bertz CT molecular complexity index is 1130. The zero-order valence-electron chi connectivity index (χ0n) is 16.9. The highest BCUT2D eigenvalue weighted by molar-refractivity contribution is 7.90. The molecule has 0 spiro atoms. The maximum absolute atomic E-state index is 12.2. The quantitative estimate of drug-likeness (QED) is 0.520. The van der Waals surface area contributed by atoms with Crippen molar-refractivity contribution < 1.29 is 18.0 Å². The molecular formula is C21H23ClN4O4S. The number of halogens is 1. The summed E-state index contributed by atoms with van der Waals surface area (Å²) in [6.45, 7) is 1.86. The van der Waals surface area contributed by atoms with Crippen LogP contribution in [0.3, 0.4) is 0 Å². The summed E-state index contributed by atoms with van der Waals surface area (Å²) in [7, 11) is -3.52. The predicted molar refractivity (Wildman–Crippen MR) is 121 cm³/mol. The number of anilines is 2. The first-order valence-electron chi connectivity index (χ1n) is 9.80. The number of amides is 2. The van der Waals surface area contributed by atoms with E-state index in [1.807, 2.05) is 0 Å². The lowest BCUT2D eigenvalue weighted by Crippen LogP contribution is -2.22. The number of hydrogen-bond acceptors (Lipinski definition) is 5. The van der Waals surface area contributed by atoms with E-state index in [4.69, 9.17) is 11.6 Å². The number of hydrogen-bond donors (Lipinski definition) is 3. The number of fused-ring (bicyclic) bond motifs is 1. The number of carbonyl (C=O) groups excluding carboxylic acids is 2. The third kappa shape index (κ3) is 6.05. The Hall–Kier alpha value is -2.91. The number of aliphatic imine (C=N–C) groups is 1. The molecule has 3 rings (SSSR count). The molecule has 3 N–H and O–H groups in total. The van der Waals surface area contributed by atoms with Gasteiger partial charge in [-0.25, -0.2) is 8.42 Å². The Morgan fingerprint density at radius 3 is 2.61 bits per heavy atom. The third-order valence-electron chi connectivity index (χ3n) is 4.56. The van der Waals surface area contributed by atoms with Crippen molar-refractivity contribution in [3.8, 4) is 0 Å². The first-order chi connectivity index (χ1) is 14.8. The molecule has 0 fully saturated rings. The van der Waals surface area contributed by atoms with E-state index < -0.39 is 10.0 Å². The Morgan fingerprint density at radius 2 is 1.84 bits per heavy atom. The molecule has 1 heterocycles. The van der Waals surface area contributed by atoms with Crippen molar-refractivity contribution in [3.05, 3.63) is 53.1 Å². The number of sulfonamides is 1. The number of unbranched alkanes of at least 4 members (excludes halogenated alkanes) is 2. The first-order valence-corrected chi connectivity index (χ1v) is 11.7. The van der Waals surface area contributed by atoms with E-state index in [1.54, 1.807) is 42.5 Å². The van der Waals surface area contributed by atoms with Gasteiger partial charge in [-0.1, -0.05) is 30.2 Å². The average Bonchev–Trinajstić information content (AvgIpc) is 2.97. The smallest absolute Gasteiger partial charge is 0.263 e. The fourth-order valence-corrected chi connectivity index (χ4v) is 4.55. The lowest BCUT2D eigenvalue weighted by atomic mass is 10.1. The summed E-state index contributed by atoms with van der Waals surface area (Å²) in [5, 5.41) is 5.78. The highest BCUT2D eigenvalue weighted by Gasteiger charge is 2.29. The van der Waals surface area contributed by atoms with Crippen LogP contribution in [-0.4, -0.2) is 32.6 Å². The normalized spacial score (nSPS) is 15.2. The largest absolute Gasteiger partial charge is 0.326 e. The standard InChI is InChI=1S/C21H23ClN4O4S/c1-14(27)24-15-10-11-17(22)18(13-15)25-20(28)9-3-2-6-12-23-21-16-7-4-5-8-19(16)31(29,30)26-21/h4-5,7-8,10-11,13H,2-3,6,9,12H2,1H3,(H,23,26)(H,24,27)(H,25,28). The van der Waals surface area contributed by atoms with Crippen LogP contribution in [0.15, 0.2) is 52.4 Å². The zero-order valence-corrected chi connectivity index (χ0v) is 18.5. The van der Waals surface area contributed by atoms with Gasteiger partial charge in [-0.15, -0.1) is 0 Å². The summed E-state index contributed by atoms with van der Waals surface area (Å²) < 4.78 is 26.6. The highest BCUT2D eigenvalue weighted by Crippen LogP contribution is 2.26. The van der Waals surface area contributed by atoms with Crippen LogP contribution < -0.4 is 15.4 Å². The summed E-state index contributed by atoms with van der Waals surface area (Å²) in [5.41, 5.74) is 1.58. The van der Waals surface area contributed by atoms with E-state index in [9.17, 15) is 18.0 Å². The van der Waals surface area contributed by atoms with E-state index >= 15 is 0 Å². The molecule has 0 aromatic heterocycles. The Kier molecular flexibility index (Phi) is 7.29. The van der Waals surface area contributed by atoms with Crippen LogP contribution >= 0.6 is 11.6 Å². The molecule has 2 aromatic rings. The van der Waals surface area contributed by atoms with Gasteiger partial charge >= 0.3 is 0 Å². The summed E-state index contributed by atoms with van der Waals surface area (Å²) in [6, 6.07) is 11.6. The molecular weight excluding hydrogens is 440 g/mol. The van der Waals surface area contributed by atoms with Crippen molar-refractivity contribution in [2.45, 2.75) is 37.5 Å². The van der Waals surface area contributed by atoms with E-state index in [1.165, 1.54) is 6.92 Å². The van der Waals surface area contributed by atoms with Crippen molar-refractivity contribution in [1.82, 2.24) is 4.72 Å². The first kappa shape index (κ1) is 22.8. The Labute approximate surface area is 186 Å². The molecule has 0 saturated carbocycles. The topological polar surface area (TPSA) is 117 Å². The average molecular weight is 463 g/mol. The van der Waals surface area contributed by atoms with Crippen LogP contribution in [0.4, 0.5) is 11.4 Å². The highest BCUT2D eigenvalue weighted by atomic mass is 35.5. The second kappa shape index (κ2) is 9.93. The van der Waals surface area contributed by atoms with Crippen LogP contribution in [0.1, 0.15) is 38.2 Å². The van der Waals surface area contributed by atoms with Crippen LogP contribution in [0, 0.1) is 0 Å². The van der Waals surface area contributed by atoms with Crippen molar-refractivity contribution in [2.75, 3.05) is 17.2 Å². The fraction of sp³-hybridized carbons (Fsp3) is 0.286. The second-order valence-corrected chi connectivity index (χ2v) is 9.12. The molecule has 164 valence electrons. The van der Waals surface area contributed by atoms with E-state index in [0.29, 0.717) is 47.2 Å². The molecule has 10 heteroatoms. The van der Waals surface area contributed by atoms with E-state index in [2.05, 4.69) is 20.3 Å². The number of amidine groups is 1. The third-order valence-corrected chi connectivity index (χ3v) is 6.28. The number of rotatable bonds is 8. The Morgan fingerprint density at radius 1 is 1.06 bits per heavy atom. The molecule has 0 bridgehead atoms. The molecule has 0 saturated heterocycles. The minimum Gasteiger partial charge on any atom is -0.326 e. The van der Waals surface area contributed by atoms with Crippen molar-refractivity contribution in [3.63, 3.8) is 0 Å². The van der Waals surface area contributed by atoms with Gasteiger partial charge in [0, 0.05) is 31.1 Å². The molecule has 0 aliphatic carbocycles. The number of carbonyl (C=O) groups is 2. The van der Waals surface area contributed by atoms with Crippen molar-refractivity contribution in [2.24, 2.45) is 4.99 Å². The van der Waals surface area contributed by atoms with Gasteiger partial charge in [0.05, 0.1) is 15.6 Å². The van der Waals surface area contributed by atoms with Crippen LogP contribution in [-0.2, 0) is 19.6 Å². The van der Waals surface area contributed by atoms with Gasteiger partial charge in [0.1, 0.15) is 5.84 Å². The Balaban J connectivity index is 1.43. The molecule has 2 amide bonds. The summed E-state index contributed by atoms with van der Waals surface area (Å²) in [6.07, 6.45) is 2.45. The minimum atomic E-state index is -3.52. The minimum absolute atomic E-state index is 0.175. The fourth-order valence-electron chi connectivity index (χ4n) is 3.13. The van der Waals surface area contributed by atoms with Crippen LogP contribution in [0.25, 0.3) is 0 Å². The molecule has 1 aliphatic rings. The lowest BCUT2D eigenvalue weighted by molar-refractivity contribution is -0.116. The van der Waals surface area contributed by atoms with Gasteiger partial charge in [0.15, 0.2) is 0 Å². The molecule has 2 aromatic carbocycles. The van der Waals surface area contributed by atoms with Crippen LogP contribution in [0.5, 0.6) is 0 Å². The number of nitrogens with zero attached hydrogens (tertiary/aromatic N) is 1. The number of benzene rings is 2. The summed E-state index contributed by atoms with van der Waals surface area (Å²) in [4.78, 5) is 28.0. The molecule has 0 atom stereocenters. The molecule has 8 nitrogen and oxygen atoms in total. The van der Waals surface area contributed by atoms with Gasteiger partial charge in [-0.2, -0.15) is 0 Å². The predicted octanol–water partition coefficient (Wildman–Crippen LogP) is 3.54. The second-order valence-electron chi connectivity index (χ2n) is 7.07. The zero-order chi connectivity index (χ0) is 22.4. The molecule has 0 radical (unpaired) electrons. The van der Waals surface area contributed by atoms with Crippen LogP contribution in [0.2, 0.25) is 5.02 Å². The van der Waals surface area contributed by atoms with Gasteiger partial charge in [-0.05, 0) is 43.2 Å². The molecule has 0 unspecified atom stereocenters. The van der Waals surface area contributed by atoms with E-state index in [0.717, 1.165) is 12.8 Å². The van der Waals surface area contributed by atoms with Gasteiger partial charge < -0.3 is 10.6 Å². The maximum Gasteiger partial charge on any atom is 0.263 e. The number of nitrogens with one attached hydrogen (secondary N) is 3. The van der Waals surface area contributed by atoms with Gasteiger partial charge in [0.2, 0.25) is 11.8 Å². The van der Waals surface area contributed by atoms with E-state index in [-0.39, 0.29) is 16.7 Å². The SMILES string of the molecule is CC(=O)Nc1ccc(Cl)c(NC(=O)CCCCCN=C2NS(=O)(=O)c3ccccc32)c1. The monoisotopic (exact) mass is 462 g/mol. The van der Waals surface area contributed by atoms with Crippen molar-refractivity contribution in [1.29, 1.82) is 0 Å². The van der Waals surface area contributed by atoms with Gasteiger partial charge in [0.25, 0.3) is 10.0 Å².